The zero-order chi connectivity index (χ0) is 24.1. The van der Waals surface area contributed by atoms with Gasteiger partial charge in [-0.05, 0) is 68.2 Å². The molecule has 172 valence electrons. The van der Waals surface area contributed by atoms with Crippen LogP contribution in [0.1, 0.15) is 41.5 Å². The fourth-order valence-corrected chi connectivity index (χ4v) is 4.71. The highest BCUT2D eigenvalue weighted by atomic mass is 16.7. The predicted molar refractivity (Wildman–Crippen MR) is 145 cm³/mol. The number of para-hydroxylation sites is 1. The molecule has 0 atom stereocenters. The van der Waals surface area contributed by atoms with Crippen LogP contribution < -0.4 is 5.46 Å². The predicted octanol–water partition coefficient (Wildman–Crippen LogP) is 7.26. The van der Waals surface area contributed by atoms with Crippen LogP contribution in [-0.4, -0.2) is 22.9 Å². The summed E-state index contributed by atoms with van der Waals surface area (Å²) < 4.78 is 15.0. The van der Waals surface area contributed by atoms with E-state index in [0.29, 0.717) is 0 Å². The topological polar surface area (TPSA) is 23.4 Å². The quantitative estimate of drug-likeness (QED) is 0.265. The van der Waals surface area contributed by atoms with E-state index >= 15 is 0 Å². The molecule has 0 spiro atoms. The fourth-order valence-electron chi connectivity index (χ4n) is 4.71. The van der Waals surface area contributed by atoms with Crippen LogP contribution in [0.2, 0.25) is 0 Å². The molecule has 0 radical (unpaired) electrons. The molecule has 6 rings (SSSR count). The average Bonchev–Trinajstić information content (AvgIpc) is 3.29. The molecule has 1 aliphatic heterocycles. The molecule has 2 heterocycles. The Labute approximate surface area is 202 Å². The van der Waals surface area contributed by atoms with Crippen LogP contribution in [0.25, 0.3) is 38.3 Å². The summed E-state index contributed by atoms with van der Waals surface area (Å²) >= 11 is 0. The van der Waals surface area contributed by atoms with Crippen molar-refractivity contribution in [3.05, 3.63) is 84.9 Å². The van der Waals surface area contributed by atoms with Gasteiger partial charge in [0.1, 0.15) is 0 Å². The Morgan fingerprint density at radius 3 is 1.97 bits per heavy atom. The number of benzene rings is 4. The molecule has 0 aliphatic carbocycles. The van der Waals surface area contributed by atoms with Crippen molar-refractivity contribution in [2.45, 2.75) is 52.7 Å². The first-order chi connectivity index (χ1) is 16.3. The van der Waals surface area contributed by atoms with Gasteiger partial charge in [-0.3, -0.25) is 0 Å². The third-order valence-corrected chi connectivity index (χ3v) is 7.21. The van der Waals surface area contributed by atoms with Crippen molar-refractivity contribution < 1.29 is 9.31 Å². The molecule has 0 unspecified atom stereocenters. The molecule has 4 heteroatoms. The molecular weight excluding hydrogens is 417 g/mol. The Balaban J connectivity index is 0.00000117. The van der Waals surface area contributed by atoms with Crippen molar-refractivity contribution in [3.8, 4) is 5.69 Å². The maximum Gasteiger partial charge on any atom is 0.494 e. The van der Waals surface area contributed by atoms with Gasteiger partial charge in [0.25, 0.3) is 0 Å². The second-order valence-corrected chi connectivity index (χ2v) is 9.75. The molecule has 1 aliphatic rings. The van der Waals surface area contributed by atoms with Crippen molar-refractivity contribution in [2.75, 3.05) is 0 Å². The maximum absolute atomic E-state index is 6.34. The molecule has 3 nitrogen and oxygen atoms in total. The Hall–Kier alpha value is -3.08. The highest BCUT2D eigenvalue weighted by Crippen LogP contribution is 2.37. The number of nitrogens with zero attached hydrogens (tertiary/aromatic N) is 1. The first-order valence-corrected chi connectivity index (χ1v) is 12.2. The lowest BCUT2D eigenvalue weighted by Crippen LogP contribution is -2.41. The molecule has 4 aromatic carbocycles. The van der Waals surface area contributed by atoms with E-state index < -0.39 is 0 Å². The van der Waals surface area contributed by atoms with Crippen molar-refractivity contribution >= 4 is 45.2 Å². The summed E-state index contributed by atoms with van der Waals surface area (Å²) in [5, 5.41) is 4.96. The van der Waals surface area contributed by atoms with Crippen molar-refractivity contribution in [3.63, 3.8) is 0 Å². The Morgan fingerprint density at radius 2 is 1.24 bits per heavy atom. The third kappa shape index (κ3) is 3.53. The number of rotatable bonds is 2. The Morgan fingerprint density at radius 1 is 0.618 bits per heavy atom. The van der Waals surface area contributed by atoms with E-state index in [1.165, 1.54) is 27.1 Å². The van der Waals surface area contributed by atoms with Crippen LogP contribution >= 0.6 is 0 Å². The lowest BCUT2D eigenvalue weighted by molar-refractivity contribution is 0.00578. The standard InChI is InChI=1S/C28H26BNO2.C2H6/c1-27(2)28(3,4)32-29(31-27)21-14-16-24-23-11-7-8-12-25(23)30(26(24)18-21)22-15-13-19-9-5-6-10-20(19)17-22;1-2/h5-18H,1-4H3;1-2H3. The number of hydrogen-bond donors (Lipinski definition) is 0. The molecule has 1 saturated heterocycles. The lowest BCUT2D eigenvalue weighted by atomic mass is 9.79. The second kappa shape index (κ2) is 8.30. The minimum Gasteiger partial charge on any atom is -0.399 e. The number of fused-ring (bicyclic) bond motifs is 4. The van der Waals surface area contributed by atoms with Gasteiger partial charge in [-0.25, -0.2) is 0 Å². The number of aromatic nitrogens is 1. The first-order valence-electron chi connectivity index (χ1n) is 12.2. The minimum atomic E-state index is -0.382. The molecule has 1 fully saturated rings. The molecule has 0 bridgehead atoms. The largest absolute Gasteiger partial charge is 0.494 e. The molecule has 0 N–H and O–H groups in total. The monoisotopic (exact) mass is 449 g/mol. The van der Waals surface area contributed by atoms with Crippen molar-refractivity contribution in [2.24, 2.45) is 0 Å². The summed E-state index contributed by atoms with van der Waals surface area (Å²) in [6, 6.07) is 30.3. The molecule has 0 amide bonds. The van der Waals surface area contributed by atoms with Gasteiger partial charge in [0.15, 0.2) is 0 Å². The van der Waals surface area contributed by atoms with E-state index in [1.54, 1.807) is 0 Å². The normalized spacial score (nSPS) is 16.7. The Kier molecular flexibility index (Phi) is 5.54. The lowest BCUT2D eigenvalue weighted by Gasteiger charge is -2.32. The van der Waals surface area contributed by atoms with Gasteiger partial charge in [-0.15, -0.1) is 0 Å². The van der Waals surface area contributed by atoms with Crippen LogP contribution in [0.4, 0.5) is 0 Å². The van der Waals surface area contributed by atoms with Gasteiger partial charge in [-0.2, -0.15) is 0 Å². The van der Waals surface area contributed by atoms with Gasteiger partial charge >= 0.3 is 7.12 Å². The van der Waals surface area contributed by atoms with Gasteiger partial charge in [0.2, 0.25) is 0 Å². The summed E-state index contributed by atoms with van der Waals surface area (Å²) in [7, 11) is -0.382. The van der Waals surface area contributed by atoms with E-state index in [9.17, 15) is 0 Å². The van der Waals surface area contributed by atoms with Crippen LogP contribution in [0.15, 0.2) is 84.9 Å². The summed E-state index contributed by atoms with van der Waals surface area (Å²) in [5.74, 6) is 0. The molecule has 5 aromatic rings. The zero-order valence-electron chi connectivity index (χ0n) is 20.9. The van der Waals surface area contributed by atoms with Crippen LogP contribution in [0.3, 0.4) is 0 Å². The van der Waals surface area contributed by atoms with E-state index in [0.717, 1.165) is 16.7 Å². The van der Waals surface area contributed by atoms with E-state index in [-0.39, 0.29) is 18.3 Å². The smallest absolute Gasteiger partial charge is 0.399 e. The molecular formula is C30H32BNO2. The van der Waals surface area contributed by atoms with E-state index in [2.05, 4.69) is 117 Å². The summed E-state index contributed by atoms with van der Waals surface area (Å²) in [4.78, 5) is 0. The summed E-state index contributed by atoms with van der Waals surface area (Å²) in [6.07, 6.45) is 0. The molecule has 1 aromatic heterocycles. The van der Waals surface area contributed by atoms with Crippen LogP contribution in [0, 0.1) is 0 Å². The molecule has 34 heavy (non-hydrogen) atoms. The highest BCUT2D eigenvalue weighted by molar-refractivity contribution is 6.62. The average molecular weight is 449 g/mol. The van der Waals surface area contributed by atoms with E-state index in [1.807, 2.05) is 13.8 Å². The summed E-state index contributed by atoms with van der Waals surface area (Å²) in [5.41, 5.74) is 3.83. The first kappa shape index (κ1) is 22.7. The van der Waals surface area contributed by atoms with Crippen LogP contribution in [-0.2, 0) is 9.31 Å². The van der Waals surface area contributed by atoms with Gasteiger partial charge in [0, 0.05) is 16.5 Å². The fraction of sp³-hybridized carbons (Fsp3) is 0.267. The zero-order valence-corrected chi connectivity index (χ0v) is 20.9. The van der Waals surface area contributed by atoms with Crippen LogP contribution in [0.5, 0.6) is 0 Å². The third-order valence-electron chi connectivity index (χ3n) is 7.21. The summed E-state index contributed by atoms with van der Waals surface area (Å²) in [6.45, 7) is 12.4. The van der Waals surface area contributed by atoms with Gasteiger partial charge in [-0.1, -0.05) is 74.5 Å². The Bertz CT molecular complexity index is 1480. The SMILES string of the molecule is CC.CC1(C)OB(c2ccc3c4ccccc4n(-c4ccc5ccccc5c4)c3c2)OC1(C)C. The highest BCUT2D eigenvalue weighted by Gasteiger charge is 2.51. The van der Waals surface area contributed by atoms with Gasteiger partial charge < -0.3 is 13.9 Å². The van der Waals surface area contributed by atoms with Crippen molar-refractivity contribution in [1.82, 2.24) is 4.57 Å². The van der Waals surface area contributed by atoms with Gasteiger partial charge in [0.05, 0.1) is 22.2 Å². The molecule has 0 saturated carbocycles. The minimum absolute atomic E-state index is 0.363. The number of hydrogen-bond acceptors (Lipinski definition) is 2. The maximum atomic E-state index is 6.34. The second-order valence-electron chi connectivity index (χ2n) is 9.75. The van der Waals surface area contributed by atoms with E-state index in [4.69, 9.17) is 9.31 Å². The van der Waals surface area contributed by atoms with Crippen molar-refractivity contribution in [1.29, 1.82) is 0 Å².